The molecule has 0 fully saturated rings. The summed E-state index contributed by atoms with van der Waals surface area (Å²) in [7, 11) is 2.93. The Morgan fingerprint density at radius 1 is 1.23 bits per heavy atom. The third-order valence-corrected chi connectivity index (χ3v) is 6.71. The van der Waals surface area contributed by atoms with Crippen molar-refractivity contribution in [1.82, 2.24) is 4.57 Å². The number of benzene rings is 2. The number of thiazole rings is 1. The highest BCUT2D eigenvalue weighted by molar-refractivity contribution is 7.07. The third kappa shape index (κ3) is 2.97. The van der Waals surface area contributed by atoms with Crippen LogP contribution in [-0.2, 0) is 9.53 Å². The number of methoxy groups -OCH3 is 2. The van der Waals surface area contributed by atoms with Crippen LogP contribution in [0.15, 0.2) is 58.3 Å². The van der Waals surface area contributed by atoms with Crippen molar-refractivity contribution < 1.29 is 19.0 Å². The molecule has 0 aliphatic carbocycles. The first-order chi connectivity index (χ1) is 14.9. The van der Waals surface area contributed by atoms with E-state index in [-0.39, 0.29) is 5.56 Å². The standard InChI is InChI=1S/C23H20N2O5S/c1-23-18(21(27)29-3)19(15-9-4-5-10-16(15)30-23)25-20(26)17(31-22(25)24-23)12-13-7-6-8-14(11-13)28-2/h4-12,18-19H,1-3H3. The molecule has 2 aliphatic heterocycles. The zero-order valence-corrected chi connectivity index (χ0v) is 18.0. The van der Waals surface area contributed by atoms with Gasteiger partial charge in [0.25, 0.3) is 5.56 Å². The number of ether oxygens (including phenoxy) is 3. The van der Waals surface area contributed by atoms with Crippen LogP contribution in [0.4, 0.5) is 0 Å². The smallest absolute Gasteiger partial charge is 0.317 e. The van der Waals surface area contributed by atoms with E-state index in [0.717, 1.165) is 11.1 Å². The molecule has 5 rings (SSSR count). The summed E-state index contributed by atoms with van der Waals surface area (Å²) in [6.07, 6.45) is 1.81. The van der Waals surface area contributed by atoms with Gasteiger partial charge < -0.3 is 14.2 Å². The number of rotatable bonds is 3. The summed E-state index contributed by atoms with van der Waals surface area (Å²) < 4.78 is 18.6. The Morgan fingerprint density at radius 2 is 2.03 bits per heavy atom. The fourth-order valence-electron chi connectivity index (χ4n) is 4.31. The van der Waals surface area contributed by atoms with Crippen LogP contribution in [-0.4, -0.2) is 30.5 Å². The largest absolute Gasteiger partial charge is 0.497 e. The molecule has 31 heavy (non-hydrogen) atoms. The van der Waals surface area contributed by atoms with Gasteiger partial charge in [-0.2, -0.15) is 0 Å². The molecule has 1 aromatic heterocycles. The number of hydrogen-bond acceptors (Lipinski definition) is 7. The molecule has 3 unspecified atom stereocenters. The quantitative estimate of drug-likeness (QED) is 0.586. The van der Waals surface area contributed by atoms with E-state index in [4.69, 9.17) is 19.2 Å². The second kappa shape index (κ2) is 7.09. The molecule has 0 amide bonds. The van der Waals surface area contributed by atoms with Gasteiger partial charge in [0.05, 0.1) is 24.8 Å². The molecular weight excluding hydrogens is 416 g/mol. The molecule has 3 heterocycles. The first-order valence-electron chi connectivity index (χ1n) is 9.78. The summed E-state index contributed by atoms with van der Waals surface area (Å²) in [6, 6.07) is 14.3. The Labute approximate surface area is 181 Å². The maximum Gasteiger partial charge on any atom is 0.317 e. The van der Waals surface area contributed by atoms with Gasteiger partial charge in [-0.05, 0) is 36.8 Å². The summed E-state index contributed by atoms with van der Waals surface area (Å²) in [5.74, 6) is 0.0713. The predicted octanol–water partition coefficient (Wildman–Crippen LogP) is 1.87. The highest BCUT2D eigenvalue weighted by atomic mass is 32.1. The first kappa shape index (κ1) is 19.6. The molecule has 8 heteroatoms. The van der Waals surface area contributed by atoms with E-state index in [0.29, 0.717) is 20.8 Å². The van der Waals surface area contributed by atoms with E-state index in [1.807, 2.05) is 54.6 Å². The Hall–Kier alpha value is -3.39. The fraction of sp³-hybridized carbons (Fsp3) is 0.261. The lowest BCUT2D eigenvalue weighted by Crippen LogP contribution is -2.58. The number of esters is 1. The van der Waals surface area contributed by atoms with Gasteiger partial charge in [0, 0.05) is 5.56 Å². The number of carbonyl (C=O) groups excluding carboxylic acids is 1. The molecule has 0 saturated heterocycles. The van der Waals surface area contributed by atoms with Crippen LogP contribution in [0.2, 0.25) is 0 Å². The van der Waals surface area contributed by atoms with Crippen molar-refractivity contribution in [3.63, 3.8) is 0 Å². The second-order valence-electron chi connectivity index (χ2n) is 7.60. The molecule has 158 valence electrons. The highest BCUT2D eigenvalue weighted by Gasteiger charge is 2.55. The van der Waals surface area contributed by atoms with Crippen LogP contribution < -0.4 is 24.4 Å². The van der Waals surface area contributed by atoms with Crippen LogP contribution in [0.1, 0.15) is 24.1 Å². The molecule has 0 radical (unpaired) electrons. The molecule has 2 bridgehead atoms. The van der Waals surface area contributed by atoms with Crippen LogP contribution in [0.25, 0.3) is 6.08 Å². The van der Waals surface area contributed by atoms with E-state index in [1.165, 1.54) is 18.4 Å². The Balaban J connectivity index is 1.77. The minimum Gasteiger partial charge on any atom is -0.497 e. The average molecular weight is 436 g/mol. The third-order valence-electron chi connectivity index (χ3n) is 5.73. The molecule has 0 saturated carbocycles. The minimum absolute atomic E-state index is 0.204. The van der Waals surface area contributed by atoms with Crippen LogP contribution in [0, 0.1) is 5.92 Å². The van der Waals surface area contributed by atoms with E-state index in [9.17, 15) is 9.59 Å². The summed E-state index contributed by atoms with van der Waals surface area (Å²) in [4.78, 5) is 31.5. The van der Waals surface area contributed by atoms with E-state index < -0.39 is 23.7 Å². The molecule has 3 aromatic rings. The molecule has 2 aromatic carbocycles. The van der Waals surface area contributed by atoms with Crippen molar-refractivity contribution in [1.29, 1.82) is 0 Å². The van der Waals surface area contributed by atoms with Crippen molar-refractivity contribution in [3.8, 4) is 11.5 Å². The van der Waals surface area contributed by atoms with Gasteiger partial charge >= 0.3 is 5.97 Å². The number of para-hydroxylation sites is 1. The van der Waals surface area contributed by atoms with Crippen molar-refractivity contribution in [2.75, 3.05) is 14.2 Å². The van der Waals surface area contributed by atoms with Gasteiger partial charge in [0.2, 0.25) is 5.72 Å². The van der Waals surface area contributed by atoms with Crippen molar-refractivity contribution in [2.45, 2.75) is 18.7 Å². The van der Waals surface area contributed by atoms with Gasteiger partial charge in [-0.15, -0.1) is 0 Å². The van der Waals surface area contributed by atoms with Crippen molar-refractivity contribution >= 4 is 23.4 Å². The molecule has 7 nitrogen and oxygen atoms in total. The van der Waals surface area contributed by atoms with Gasteiger partial charge in [0.15, 0.2) is 4.80 Å². The number of fused-ring (bicyclic) bond motifs is 6. The lowest BCUT2D eigenvalue weighted by molar-refractivity contribution is -0.158. The van der Waals surface area contributed by atoms with Gasteiger partial charge in [0.1, 0.15) is 17.4 Å². The van der Waals surface area contributed by atoms with E-state index in [1.54, 1.807) is 18.6 Å². The Bertz CT molecular complexity index is 1380. The van der Waals surface area contributed by atoms with Crippen LogP contribution in [0.5, 0.6) is 11.5 Å². The maximum atomic E-state index is 13.5. The summed E-state index contributed by atoms with van der Waals surface area (Å²) in [5.41, 5.74) is 0.228. The molecule has 2 aliphatic rings. The van der Waals surface area contributed by atoms with E-state index >= 15 is 0 Å². The van der Waals surface area contributed by atoms with Gasteiger partial charge in [-0.25, -0.2) is 4.99 Å². The van der Waals surface area contributed by atoms with Crippen molar-refractivity contribution in [3.05, 3.63) is 79.3 Å². The monoisotopic (exact) mass is 436 g/mol. The minimum atomic E-state index is -1.17. The first-order valence-corrected chi connectivity index (χ1v) is 10.6. The predicted molar refractivity (Wildman–Crippen MR) is 115 cm³/mol. The normalized spacial score (nSPS) is 23.8. The highest BCUT2D eigenvalue weighted by Crippen LogP contribution is 2.47. The number of aromatic nitrogens is 1. The number of nitrogens with zero attached hydrogens (tertiary/aromatic N) is 2. The van der Waals surface area contributed by atoms with Crippen LogP contribution in [0.3, 0.4) is 0 Å². The summed E-state index contributed by atoms with van der Waals surface area (Å²) >= 11 is 1.28. The van der Waals surface area contributed by atoms with E-state index in [2.05, 4.69) is 0 Å². The number of carbonyl (C=O) groups is 1. The van der Waals surface area contributed by atoms with Crippen LogP contribution >= 0.6 is 11.3 Å². The van der Waals surface area contributed by atoms with Gasteiger partial charge in [-0.3, -0.25) is 14.2 Å². The second-order valence-corrected chi connectivity index (χ2v) is 8.61. The lowest BCUT2D eigenvalue weighted by Gasteiger charge is -2.44. The lowest BCUT2D eigenvalue weighted by atomic mass is 9.81. The fourth-order valence-corrected chi connectivity index (χ4v) is 5.41. The van der Waals surface area contributed by atoms with Crippen molar-refractivity contribution in [2.24, 2.45) is 10.9 Å². The summed E-state index contributed by atoms with van der Waals surface area (Å²) in [6.45, 7) is 1.76. The van der Waals surface area contributed by atoms with Gasteiger partial charge in [-0.1, -0.05) is 41.7 Å². The average Bonchev–Trinajstić information content (AvgIpc) is 3.06. The maximum absolute atomic E-state index is 13.5. The topological polar surface area (TPSA) is 79.1 Å². The number of hydrogen-bond donors (Lipinski definition) is 0. The molecule has 3 atom stereocenters. The Morgan fingerprint density at radius 3 is 2.81 bits per heavy atom. The molecule has 0 N–H and O–H groups in total. The zero-order valence-electron chi connectivity index (χ0n) is 17.2. The SMILES string of the molecule is COC(=O)C1C2c3ccccc3OC1(C)N=c1sc(=Cc3cccc(OC)c3)c(=O)n12. The zero-order chi connectivity index (χ0) is 21.8. The molecule has 0 spiro atoms. The summed E-state index contributed by atoms with van der Waals surface area (Å²) in [5, 5.41) is 0. The Kier molecular flexibility index (Phi) is 4.48. The molecular formula is C23H20N2O5S.